The first-order chi connectivity index (χ1) is 13.2. The van der Waals surface area contributed by atoms with Gasteiger partial charge in [-0.05, 0) is 31.2 Å². The van der Waals surface area contributed by atoms with E-state index in [0.717, 1.165) is 48.3 Å². The number of allylic oxidation sites excluding steroid dienone is 1. The van der Waals surface area contributed by atoms with Crippen LogP contribution in [0.5, 0.6) is 0 Å². The number of unbranched alkanes of at least 4 members (excludes halogenated alkanes) is 7. The van der Waals surface area contributed by atoms with Gasteiger partial charge in [0.05, 0.1) is 16.6 Å². The SMILES string of the molecule is CCCCCCCCCCNC(=O)C1=C(S(=O)Cc2ccccc2)CCC1. The summed E-state index contributed by atoms with van der Waals surface area (Å²) in [6.45, 7) is 2.97. The summed E-state index contributed by atoms with van der Waals surface area (Å²) in [6.07, 6.45) is 12.6. The summed E-state index contributed by atoms with van der Waals surface area (Å²) >= 11 is 0. The highest BCUT2D eigenvalue weighted by Crippen LogP contribution is 2.30. The molecule has 0 radical (unpaired) electrons. The number of hydrogen-bond donors (Lipinski definition) is 1. The van der Waals surface area contributed by atoms with Gasteiger partial charge in [-0.15, -0.1) is 0 Å². The Labute approximate surface area is 167 Å². The Hall–Kier alpha value is -1.42. The molecule has 1 atom stereocenters. The molecule has 150 valence electrons. The van der Waals surface area contributed by atoms with Gasteiger partial charge in [0.15, 0.2) is 0 Å². The molecular formula is C23H35NO2S. The largest absolute Gasteiger partial charge is 0.352 e. The summed E-state index contributed by atoms with van der Waals surface area (Å²) in [4.78, 5) is 13.4. The first-order valence-electron chi connectivity index (χ1n) is 10.6. The maximum atomic E-state index is 12.7. The number of nitrogens with one attached hydrogen (secondary N) is 1. The first kappa shape index (κ1) is 21.9. The minimum absolute atomic E-state index is 0.00635. The van der Waals surface area contributed by atoms with E-state index in [1.807, 2.05) is 30.3 Å². The quantitative estimate of drug-likeness (QED) is 0.444. The fourth-order valence-corrected chi connectivity index (χ4v) is 5.10. The fourth-order valence-electron chi connectivity index (χ4n) is 3.59. The molecule has 2 rings (SSSR count). The lowest BCUT2D eigenvalue weighted by molar-refractivity contribution is -0.117. The molecule has 1 amide bonds. The lowest BCUT2D eigenvalue weighted by atomic mass is 10.1. The highest BCUT2D eigenvalue weighted by molar-refractivity contribution is 7.88. The molecule has 1 aromatic carbocycles. The van der Waals surface area contributed by atoms with E-state index in [0.29, 0.717) is 5.75 Å². The Morgan fingerprint density at radius 3 is 2.33 bits per heavy atom. The first-order valence-corrected chi connectivity index (χ1v) is 12.0. The molecular weight excluding hydrogens is 354 g/mol. The number of rotatable bonds is 13. The monoisotopic (exact) mass is 389 g/mol. The van der Waals surface area contributed by atoms with E-state index in [2.05, 4.69) is 12.2 Å². The van der Waals surface area contributed by atoms with E-state index >= 15 is 0 Å². The van der Waals surface area contributed by atoms with Gasteiger partial charge in [0.25, 0.3) is 0 Å². The second-order valence-corrected chi connectivity index (χ2v) is 8.93. The summed E-state index contributed by atoms with van der Waals surface area (Å²) in [5.41, 5.74) is 1.85. The van der Waals surface area contributed by atoms with Crippen molar-refractivity contribution in [2.75, 3.05) is 6.54 Å². The van der Waals surface area contributed by atoms with E-state index in [4.69, 9.17) is 0 Å². The van der Waals surface area contributed by atoms with Crippen molar-refractivity contribution in [3.8, 4) is 0 Å². The second-order valence-electron chi connectivity index (χ2n) is 7.46. The smallest absolute Gasteiger partial charge is 0.248 e. The summed E-state index contributed by atoms with van der Waals surface area (Å²) in [5.74, 6) is 0.511. The minimum Gasteiger partial charge on any atom is -0.352 e. The Kier molecular flexibility index (Phi) is 10.4. The number of hydrogen-bond acceptors (Lipinski definition) is 2. The molecule has 27 heavy (non-hydrogen) atoms. The number of benzene rings is 1. The average molecular weight is 390 g/mol. The molecule has 0 saturated carbocycles. The van der Waals surface area contributed by atoms with Crippen LogP contribution in [-0.2, 0) is 21.3 Å². The van der Waals surface area contributed by atoms with Gasteiger partial charge in [0.1, 0.15) is 0 Å². The summed E-state index contributed by atoms with van der Waals surface area (Å²) in [6, 6.07) is 9.89. The molecule has 0 saturated heterocycles. The van der Waals surface area contributed by atoms with Crippen molar-refractivity contribution in [3.63, 3.8) is 0 Å². The van der Waals surface area contributed by atoms with E-state index in [9.17, 15) is 9.00 Å². The zero-order chi connectivity index (χ0) is 19.3. The zero-order valence-corrected chi connectivity index (χ0v) is 17.6. The Morgan fingerprint density at radius 1 is 0.963 bits per heavy atom. The highest BCUT2D eigenvalue weighted by atomic mass is 32.2. The predicted molar refractivity (Wildman–Crippen MR) is 115 cm³/mol. The summed E-state index contributed by atoms with van der Waals surface area (Å²) < 4.78 is 12.7. The molecule has 0 aromatic heterocycles. The molecule has 1 aliphatic rings. The van der Waals surface area contributed by atoms with Crippen molar-refractivity contribution in [3.05, 3.63) is 46.4 Å². The topological polar surface area (TPSA) is 46.2 Å². The van der Waals surface area contributed by atoms with Crippen LogP contribution in [0.1, 0.15) is 83.1 Å². The standard InChI is InChI=1S/C23H35NO2S/c1-2-3-4-5-6-7-8-12-18-24-23(25)21-16-13-17-22(21)27(26)19-20-14-10-9-11-15-20/h9-11,14-15H,2-8,12-13,16-19H2,1H3,(H,24,25). The molecule has 1 aromatic rings. The molecule has 1 N–H and O–H groups in total. The van der Waals surface area contributed by atoms with Gasteiger partial charge in [-0.1, -0.05) is 82.2 Å². The van der Waals surface area contributed by atoms with Crippen LogP contribution in [0.3, 0.4) is 0 Å². The van der Waals surface area contributed by atoms with Crippen molar-refractivity contribution in [2.45, 2.75) is 83.3 Å². The van der Waals surface area contributed by atoms with Gasteiger partial charge >= 0.3 is 0 Å². The van der Waals surface area contributed by atoms with Crippen LogP contribution in [0, 0.1) is 0 Å². The molecule has 0 spiro atoms. The number of carbonyl (C=O) groups is 1. The minimum atomic E-state index is -1.09. The number of amides is 1. The van der Waals surface area contributed by atoms with Crippen molar-refractivity contribution in [2.24, 2.45) is 0 Å². The van der Waals surface area contributed by atoms with Crippen molar-refractivity contribution in [1.82, 2.24) is 5.32 Å². The number of carbonyl (C=O) groups excluding carboxylic acids is 1. The molecule has 4 heteroatoms. The van der Waals surface area contributed by atoms with E-state index in [1.54, 1.807) is 0 Å². The lowest BCUT2D eigenvalue weighted by Gasteiger charge is -2.09. The van der Waals surface area contributed by atoms with Crippen LogP contribution in [0.25, 0.3) is 0 Å². The van der Waals surface area contributed by atoms with E-state index < -0.39 is 10.8 Å². The van der Waals surface area contributed by atoms with Gasteiger partial charge in [-0.3, -0.25) is 9.00 Å². The molecule has 1 aliphatic carbocycles. The maximum Gasteiger partial charge on any atom is 0.248 e. The van der Waals surface area contributed by atoms with Gasteiger partial charge in [-0.2, -0.15) is 0 Å². The van der Waals surface area contributed by atoms with Crippen LogP contribution < -0.4 is 5.32 Å². The van der Waals surface area contributed by atoms with Crippen molar-refractivity contribution >= 4 is 16.7 Å². The lowest BCUT2D eigenvalue weighted by Crippen LogP contribution is -2.26. The fraction of sp³-hybridized carbons (Fsp3) is 0.609. The molecule has 3 nitrogen and oxygen atoms in total. The van der Waals surface area contributed by atoms with Crippen LogP contribution in [0.2, 0.25) is 0 Å². The predicted octanol–water partition coefficient (Wildman–Crippen LogP) is 5.63. The van der Waals surface area contributed by atoms with Crippen molar-refractivity contribution < 1.29 is 9.00 Å². The summed E-state index contributed by atoms with van der Waals surface area (Å²) in [5, 5.41) is 3.05. The maximum absolute atomic E-state index is 12.7. The Bertz CT molecular complexity index is 625. The van der Waals surface area contributed by atoms with Crippen LogP contribution in [-0.4, -0.2) is 16.7 Å². The van der Waals surface area contributed by atoms with E-state index in [-0.39, 0.29) is 5.91 Å². The Morgan fingerprint density at radius 2 is 1.63 bits per heavy atom. The van der Waals surface area contributed by atoms with Crippen molar-refractivity contribution in [1.29, 1.82) is 0 Å². The van der Waals surface area contributed by atoms with Crippen LogP contribution in [0.4, 0.5) is 0 Å². The normalized spacial score (nSPS) is 15.1. The highest BCUT2D eigenvalue weighted by Gasteiger charge is 2.24. The Balaban J connectivity index is 1.70. The van der Waals surface area contributed by atoms with Crippen LogP contribution in [0.15, 0.2) is 40.8 Å². The third-order valence-electron chi connectivity index (χ3n) is 5.17. The van der Waals surface area contributed by atoms with Gasteiger partial charge in [-0.25, -0.2) is 0 Å². The molecule has 0 heterocycles. The summed E-state index contributed by atoms with van der Waals surface area (Å²) in [7, 11) is -1.09. The van der Waals surface area contributed by atoms with E-state index in [1.165, 1.54) is 44.9 Å². The molecule has 0 aliphatic heterocycles. The van der Waals surface area contributed by atoms with Crippen LogP contribution >= 0.6 is 0 Å². The van der Waals surface area contributed by atoms with Gasteiger partial charge in [0.2, 0.25) is 5.91 Å². The third kappa shape index (κ3) is 8.00. The third-order valence-corrected chi connectivity index (χ3v) is 6.77. The van der Waals surface area contributed by atoms with Gasteiger partial charge < -0.3 is 5.32 Å². The zero-order valence-electron chi connectivity index (χ0n) is 16.8. The molecule has 0 fully saturated rings. The average Bonchev–Trinajstić information content (AvgIpc) is 3.17. The molecule has 1 unspecified atom stereocenters. The second kappa shape index (κ2) is 12.9. The van der Waals surface area contributed by atoms with Gasteiger partial charge in [0, 0.05) is 17.0 Å². The molecule has 0 bridgehead atoms.